The fourth-order valence-corrected chi connectivity index (χ4v) is 6.12. The van der Waals surface area contributed by atoms with Crippen LogP contribution in [-0.2, 0) is 6.42 Å². The zero-order valence-corrected chi connectivity index (χ0v) is 20.5. The summed E-state index contributed by atoms with van der Waals surface area (Å²) in [6.45, 7) is 2.22. The number of benzene rings is 1. The number of hydrogen-bond acceptors (Lipinski definition) is 3. The van der Waals surface area contributed by atoms with E-state index < -0.39 is 7.28 Å². The van der Waals surface area contributed by atoms with Crippen molar-refractivity contribution in [3.05, 3.63) is 35.9 Å². The van der Waals surface area contributed by atoms with E-state index in [1.807, 2.05) is 0 Å². The first-order valence-electron chi connectivity index (χ1n) is 12.7. The van der Waals surface area contributed by atoms with Crippen molar-refractivity contribution >= 4 is 7.28 Å². The van der Waals surface area contributed by atoms with Crippen LogP contribution >= 0.6 is 7.28 Å². The van der Waals surface area contributed by atoms with E-state index in [4.69, 9.17) is 0 Å². The van der Waals surface area contributed by atoms with Crippen LogP contribution in [0.1, 0.15) is 115 Å². The molecular weight excluding hydrogens is 391 g/mol. The SMILES string of the molecule is CCCCCCCCCCP(O)(O)(O)CCCCCCCCCCc1ccccc1. The number of unbranched alkanes of at least 4 members (excludes halogenated alkanes) is 14. The Hall–Kier alpha value is -0.470. The van der Waals surface area contributed by atoms with Gasteiger partial charge in [-0.2, -0.15) is 0 Å². The van der Waals surface area contributed by atoms with Gasteiger partial charge < -0.3 is 0 Å². The standard InChI is InChI=1S/C26H49O3P/c1-2-3-4-5-6-10-13-19-24-30(27,28,29)25-20-14-11-8-7-9-12-16-21-26-22-17-15-18-23-26/h15,17-18,22-23,27-29H,2-14,16,19-21,24-25H2,1H3. The Morgan fingerprint density at radius 1 is 0.533 bits per heavy atom. The van der Waals surface area contributed by atoms with Gasteiger partial charge in [0.1, 0.15) is 0 Å². The first-order valence-corrected chi connectivity index (χ1v) is 15.2. The van der Waals surface area contributed by atoms with Crippen LogP contribution in [-0.4, -0.2) is 27.0 Å². The van der Waals surface area contributed by atoms with Crippen LogP contribution in [0.4, 0.5) is 0 Å². The van der Waals surface area contributed by atoms with Crippen molar-refractivity contribution in [1.29, 1.82) is 0 Å². The van der Waals surface area contributed by atoms with Gasteiger partial charge in [0.15, 0.2) is 0 Å². The van der Waals surface area contributed by atoms with Crippen molar-refractivity contribution in [3.63, 3.8) is 0 Å². The van der Waals surface area contributed by atoms with Crippen LogP contribution < -0.4 is 0 Å². The molecule has 0 amide bonds. The van der Waals surface area contributed by atoms with E-state index in [-0.39, 0.29) is 12.3 Å². The predicted molar refractivity (Wildman–Crippen MR) is 133 cm³/mol. The van der Waals surface area contributed by atoms with Crippen molar-refractivity contribution in [2.24, 2.45) is 0 Å². The Bertz CT molecular complexity index is 510. The molecule has 3 nitrogen and oxygen atoms in total. The second-order valence-corrected chi connectivity index (χ2v) is 12.9. The molecule has 176 valence electrons. The molecule has 0 aliphatic heterocycles. The van der Waals surface area contributed by atoms with Gasteiger partial charge in [0.05, 0.1) is 0 Å². The molecule has 0 bridgehead atoms. The van der Waals surface area contributed by atoms with Gasteiger partial charge in [-0.1, -0.05) is 18.2 Å². The van der Waals surface area contributed by atoms with Gasteiger partial charge in [-0.3, -0.25) is 0 Å². The van der Waals surface area contributed by atoms with Gasteiger partial charge in [-0.05, 0) is 0 Å². The van der Waals surface area contributed by atoms with E-state index in [0.717, 1.165) is 38.5 Å². The molecule has 3 N–H and O–H groups in total. The number of hydrogen-bond donors (Lipinski definition) is 3. The molecule has 4 heteroatoms. The average molecular weight is 441 g/mol. The topological polar surface area (TPSA) is 60.7 Å². The van der Waals surface area contributed by atoms with Crippen LogP contribution in [0.2, 0.25) is 0 Å². The Morgan fingerprint density at radius 2 is 0.933 bits per heavy atom. The number of rotatable bonds is 20. The quantitative estimate of drug-likeness (QED) is 0.143. The molecule has 1 aromatic rings. The van der Waals surface area contributed by atoms with E-state index >= 15 is 0 Å². The molecule has 0 saturated heterocycles. The second-order valence-electron chi connectivity index (χ2n) is 9.33. The van der Waals surface area contributed by atoms with E-state index in [1.54, 1.807) is 0 Å². The molecule has 0 heterocycles. The first kappa shape index (κ1) is 27.6. The summed E-state index contributed by atoms with van der Waals surface area (Å²) in [6.07, 6.45) is 20.0. The summed E-state index contributed by atoms with van der Waals surface area (Å²) in [7, 11) is -4.37. The van der Waals surface area contributed by atoms with Crippen LogP contribution in [0.5, 0.6) is 0 Å². The summed E-state index contributed by atoms with van der Waals surface area (Å²) in [4.78, 5) is 30.9. The molecule has 0 fully saturated rings. The molecule has 0 atom stereocenters. The summed E-state index contributed by atoms with van der Waals surface area (Å²) < 4.78 is 0. The minimum absolute atomic E-state index is 0.194. The van der Waals surface area contributed by atoms with E-state index in [0.29, 0.717) is 0 Å². The third kappa shape index (κ3) is 16.3. The molecule has 0 saturated carbocycles. The Labute approximate surface area is 186 Å². The van der Waals surface area contributed by atoms with Crippen molar-refractivity contribution < 1.29 is 14.7 Å². The van der Waals surface area contributed by atoms with Gasteiger partial charge in [0.25, 0.3) is 0 Å². The van der Waals surface area contributed by atoms with Crippen LogP contribution in [0.25, 0.3) is 0 Å². The zero-order chi connectivity index (χ0) is 22.0. The third-order valence-electron chi connectivity index (χ3n) is 6.14. The number of aryl methyl sites for hydroxylation is 1. The molecular formula is C26H49O3P. The summed E-state index contributed by atoms with van der Waals surface area (Å²) in [5.74, 6) is 0. The first-order chi connectivity index (χ1) is 14.4. The zero-order valence-electron chi connectivity index (χ0n) is 19.6. The van der Waals surface area contributed by atoms with E-state index in [1.165, 1.54) is 76.2 Å². The molecule has 0 aliphatic rings. The molecule has 1 rings (SSSR count). The monoisotopic (exact) mass is 440 g/mol. The smallest absolute Gasteiger partial charge is 0.0622 e. The Morgan fingerprint density at radius 3 is 1.40 bits per heavy atom. The fourth-order valence-electron chi connectivity index (χ4n) is 4.15. The second kappa shape index (κ2) is 16.2. The van der Waals surface area contributed by atoms with E-state index in [9.17, 15) is 14.7 Å². The fraction of sp³-hybridized carbons (Fsp3) is 0.769. The minimum Gasteiger partial charge on any atom is -0.0622 e. The van der Waals surface area contributed by atoms with Crippen LogP contribution in [0.3, 0.4) is 0 Å². The average Bonchev–Trinajstić information content (AvgIpc) is 2.72. The maximum atomic E-state index is 10.3. The van der Waals surface area contributed by atoms with Crippen molar-refractivity contribution in [2.45, 2.75) is 116 Å². The molecule has 0 spiro atoms. The van der Waals surface area contributed by atoms with Crippen molar-refractivity contribution in [1.82, 2.24) is 0 Å². The van der Waals surface area contributed by atoms with Gasteiger partial charge in [-0.25, -0.2) is 0 Å². The Balaban J connectivity index is 1.93. The van der Waals surface area contributed by atoms with Gasteiger partial charge in [0, 0.05) is 0 Å². The summed E-state index contributed by atoms with van der Waals surface area (Å²) in [5, 5.41) is 0. The summed E-state index contributed by atoms with van der Waals surface area (Å²) in [6, 6.07) is 10.7. The Kier molecular flexibility index (Phi) is 14.9. The van der Waals surface area contributed by atoms with Crippen molar-refractivity contribution in [2.75, 3.05) is 12.3 Å². The van der Waals surface area contributed by atoms with E-state index in [2.05, 4.69) is 37.3 Å². The molecule has 0 aliphatic carbocycles. The van der Waals surface area contributed by atoms with Gasteiger partial charge >= 0.3 is 168 Å². The summed E-state index contributed by atoms with van der Waals surface area (Å²) >= 11 is 0. The van der Waals surface area contributed by atoms with Gasteiger partial charge in [0.2, 0.25) is 0 Å². The van der Waals surface area contributed by atoms with Crippen LogP contribution in [0.15, 0.2) is 30.3 Å². The van der Waals surface area contributed by atoms with Crippen molar-refractivity contribution in [3.8, 4) is 0 Å². The molecule has 1 aromatic carbocycles. The minimum atomic E-state index is -4.37. The third-order valence-corrected chi connectivity index (χ3v) is 8.61. The molecule has 30 heavy (non-hydrogen) atoms. The normalized spacial score (nSPS) is 13.3. The van der Waals surface area contributed by atoms with Crippen LogP contribution in [0, 0.1) is 0 Å². The van der Waals surface area contributed by atoms with Gasteiger partial charge in [-0.15, -0.1) is 0 Å². The molecule has 0 radical (unpaired) electrons. The maximum absolute atomic E-state index is 10.3. The predicted octanol–water partition coefficient (Wildman–Crippen LogP) is 7.77. The summed E-state index contributed by atoms with van der Waals surface area (Å²) in [5.41, 5.74) is 1.43. The molecule has 0 unspecified atom stereocenters. The molecule has 0 aromatic heterocycles.